The maximum atomic E-state index is 12.4. The van der Waals surface area contributed by atoms with Gasteiger partial charge in [0.05, 0.1) is 11.4 Å². The molecule has 0 spiro atoms. The van der Waals surface area contributed by atoms with Gasteiger partial charge in [-0.15, -0.1) is 11.3 Å². The van der Waals surface area contributed by atoms with Crippen LogP contribution in [0, 0.1) is 20.8 Å². The molecule has 3 rings (SSSR count). The first-order valence-corrected chi connectivity index (χ1v) is 8.32. The maximum absolute atomic E-state index is 12.4. The van der Waals surface area contributed by atoms with Gasteiger partial charge >= 0.3 is 0 Å². The lowest BCUT2D eigenvalue weighted by Crippen LogP contribution is -2.25. The van der Waals surface area contributed by atoms with Crippen molar-refractivity contribution in [2.24, 2.45) is 0 Å². The van der Waals surface area contributed by atoms with Gasteiger partial charge in [0.15, 0.2) is 16.6 Å². The van der Waals surface area contributed by atoms with Crippen LogP contribution in [0.3, 0.4) is 0 Å². The van der Waals surface area contributed by atoms with E-state index in [1.54, 1.807) is 18.2 Å². The van der Waals surface area contributed by atoms with E-state index in [4.69, 9.17) is 0 Å². The Hall–Kier alpha value is -3.00. The predicted octanol–water partition coefficient (Wildman–Crippen LogP) is 2.57. The Balaban J connectivity index is 2.00. The Morgan fingerprint density at radius 3 is 2.64 bits per heavy atom. The number of aromatic nitrogens is 3. The number of aryl methyl sites for hydroxylation is 3. The fourth-order valence-electron chi connectivity index (χ4n) is 2.24. The summed E-state index contributed by atoms with van der Waals surface area (Å²) >= 11 is 1.33. The number of hydrogen-bond donors (Lipinski definition) is 2. The summed E-state index contributed by atoms with van der Waals surface area (Å²) in [5.41, 5.74) is 1.51. The maximum Gasteiger partial charge on any atom is 0.281 e. The Labute approximate surface area is 147 Å². The topological polar surface area (TPSA) is 97.1 Å². The number of aromatic hydroxyl groups is 1. The molecule has 0 fully saturated rings. The number of carbonyl (C=O) groups excluding carboxylic acids is 1. The third kappa shape index (κ3) is 3.43. The van der Waals surface area contributed by atoms with E-state index in [0.29, 0.717) is 10.8 Å². The minimum atomic E-state index is -0.632. The van der Waals surface area contributed by atoms with E-state index < -0.39 is 17.2 Å². The molecule has 3 aromatic rings. The Morgan fingerprint density at radius 1 is 1.24 bits per heavy atom. The fraction of sp³-hybridized carbons (Fsp3) is 0.176. The van der Waals surface area contributed by atoms with E-state index in [9.17, 15) is 14.7 Å². The van der Waals surface area contributed by atoms with Crippen molar-refractivity contribution in [2.45, 2.75) is 20.8 Å². The molecule has 0 aliphatic rings. The summed E-state index contributed by atoms with van der Waals surface area (Å²) in [7, 11) is 0. The fourth-order valence-corrected chi connectivity index (χ4v) is 3.05. The van der Waals surface area contributed by atoms with Crippen molar-refractivity contribution < 1.29 is 9.90 Å². The molecule has 0 unspecified atom stereocenters. The van der Waals surface area contributed by atoms with Gasteiger partial charge in [-0.25, -0.2) is 4.98 Å². The average molecular weight is 356 g/mol. The Bertz CT molecular complexity index is 1000. The van der Waals surface area contributed by atoms with E-state index in [-0.39, 0.29) is 5.69 Å². The molecule has 25 heavy (non-hydrogen) atoms. The van der Waals surface area contributed by atoms with Crippen molar-refractivity contribution in [3.63, 3.8) is 0 Å². The summed E-state index contributed by atoms with van der Waals surface area (Å²) < 4.78 is 1.08. The van der Waals surface area contributed by atoms with Crippen LogP contribution in [0.15, 0.2) is 35.1 Å². The first-order valence-electron chi connectivity index (χ1n) is 7.51. The monoisotopic (exact) mass is 356 g/mol. The molecule has 0 saturated heterocycles. The lowest BCUT2D eigenvalue weighted by Gasteiger charge is -2.09. The molecule has 2 N–H and O–H groups in total. The lowest BCUT2D eigenvalue weighted by atomic mass is 10.2. The van der Waals surface area contributed by atoms with Gasteiger partial charge in [-0.2, -0.15) is 9.78 Å². The van der Waals surface area contributed by atoms with Gasteiger partial charge in [-0.3, -0.25) is 14.9 Å². The number of benzene rings is 1. The normalized spacial score (nSPS) is 10.7. The van der Waals surface area contributed by atoms with Crippen molar-refractivity contribution in [3.8, 4) is 11.4 Å². The van der Waals surface area contributed by atoms with Gasteiger partial charge < -0.3 is 5.11 Å². The van der Waals surface area contributed by atoms with Gasteiger partial charge in [-0.1, -0.05) is 12.1 Å². The van der Waals surface area contributed by atoms with Crippen LogP contribution in [0.25, 0.3) is 5.69 Å². The van der Waals surface area contributed by atoms with E-state index >= 15 is 0 Å². The van der Waals surface area contributed by atoms with Crippen LogP contribution in [-0.2, 0) is 0 Å². The SMILES string of the molecule is Cc1cccc(-n2nc(C(=O)Nc3nc(C)c(C)s3)c(O)cc2=O)c1. The van der Waals surface area contributed by atoms with Gasteiger partial charge in [0.2, 0.25) is 0 Å². The Morgan fingerprint density at radius 2 is 2.00 bits per heavy atom. The van der Waals surface area contributed by atoms with Crippen LogP contribution in [0.5, 0.6) is 5.75 Å². The molecule has 0 bridgehead atoms. The number of nitrogens with zero attached hydrogens (tertiary/aromatic N) is 3. The molecule has 8 heteroatoms. The van der Waals surface area contributed by atoms with Crippen LogP contribution in [0.2, 0.25) is 0 Å². The van der Waals surface area contributed by atoms with E-state index in [2.05, 4.69) is 15.4 Å². The zero-order valence-electron chi connectivity index (χ0n) is 13.9. The third-order valence-corrected chi connectivity index (χ3v) is 4.61. The summed E-state index contributed by atoms with van der Waals surface area (Å²) in [6.45, 7) is 5.63. The van der Waals surface area contributed by atoms with Crippen molar-refractivity contribution in [1.82, 2.24) is 14.8 Å². The average Bonchev–Trinajstić information content (AvgIpc) is 2.85. The zero-order valence-corrected chi connectivity index (χ0v) is 14.7. The van der Waals surface area contributed by atoms with Gasteiger partial charge in [-0.05, 0) is 38.5 Å². The van der Waals surface area contributed by atoms with E-state index in [0.717, 1.165) is 26.9 Å². The summed E-state index contributed by atoms with van der Waals surface area (Å²) in [4.78, 5) is 29.8. The van der Waals surface area contributed by atoms with Gasteiger partial charge in [0.1, 0.15) is 0 Å². The van der Waals surface area contributed by atoms with E-state index in [1.165, 1.54) is 11.3 Å². The highest BCUT2D eigenvalue weighted by molar-refractivity contribution is 7.15. The third-order valence-electron chi connectivity index (χ3n) is 3.62. The summed E-state index contributed by atoms with van der Waals surface area (Å²) in [6, 6.07) is 8.11. The number of nitrogens with one attached hydrogen (secondary N) is 1. The van der Waals surface area contributed by atoms with Crippen LogP contribution in [-0.4, -0.2) is 25.8 Å². The second kappa shape index (κ2) is 6.48. The number of rotatable bonds is 3. The van der Waals surface area contributed by atoms with Crippen molar-refractivity contribution in [1.29, 1.82) is 0 Å². The lowest BCUT2D eigenvalue weighted by molar-refractivity contribution is 0.101. The van der Waals surface area contributed by atoms with Crippen LogP contribution >= 0.6 is 11.3 Å². The highest BCUT2D eigenvalue weighted by atomic mass is 32.1. The van der Waals surface area contributed by atoms with Crippen LogP contribution in [0.1, 0.15) is 26.6 Å². The van der Waals surface area contributed by atoms with Crippen LogP contribution in [0.4, 0.5) is 5.13 Å². The number of thiazole rings is 1. The van der Waals surface area contributed by atoms with Crippen molar-refractivity contribution in [3.05, 3.63) is 62.5 Å². The van der Waals surface area contributed by atoms with Crippen LogP contribution < -0.4 is 10.9 Å². The molecule has 0 atom stereocenters. The summed E-state index contributed by atoms with van der Waals surface area (Å²) in [6.07, 6.45) is 0. The molecule has 0 saturated carbocycles. The van der Waals surface area contributed by atoms with Crippen molar-refractivity contribution in [2.75, 3.05) is 5.32 Å². The molecule has 0 aliphatic heterocycles. The zero-order chi connectivity index (χ0) is 18.1. The highest BCUT2D eigenvalue weighted by Crippen LogP contribution is 2.22. The number of anilines is 1. The molecule has 1 aromatic carbocycles. The molecule has 7 nitrogen and oxygen atoms in total. The molecular weight excluding hydrogens is 340 g/mol. The standard InChI is InChI=1S/C17H16N4O3S/c1-9-5-4-6-12(7-9)21-14(23)8-13(22)15(20-21)16(24)19-17-18-10(2)11(3)25-17/h4-8,22H,1-3H3,(H,18,19,24). The largest absolute Gasteiger partial charge is 0.505 e. The molecular formula is C17H16N4O3S. The first kappa shape index (κ1) is 16.8. The minimum Gasteiger partial charge on any atom is -0.505 e. The van der Waals surface area contributed by atoms with E-state index in [1.807, 2.05) is 26.8 Å². The second-order valence-electron chi connectivity index (χ2n) is 5.58. The van der Waals surface area contributed by atoms with Gasteiger partial charge in [0.25, 0.3) is 11.5 Å². The molecule has 2 aromatic heterocycles. The first-order chi connectivity index (χ1) is 11.8. The number of carbonyl (C=O) groups is 1. The molecule has 1 amide bonds. The molecule has 128 valence electrons. The number of hydrogen-bond acceptors (Lipinski definition) is 6. The predicted molar refractivity (Wildman–Crippen MR) is 95.8 cm³/mol. The Kier molecular flexibility index (Phi) is 4.37. The molecule has 0 radical (unpaired) electrons. The summed E-state index contributed by atoms with van der Waals surface area (Å²) in [5, 5.41) is 17.0. The summed E-state index contributed by atoms with van der Waals surface area (Å²) in [5.74, 6) is -1.11. The van der Waals surface area contributed by atoms with Crippen molar-refractivity contribution >= 4 is 22.4 Å². The second-order valence-corrected chi connectivity index (χ2v) is 6.79. The van der Waals surface area contributed by atoms with Gasteiger partial charge in [0, 0.05) is 10.9 Å². The smallest absolute Gasteiger partial charge is 0.281 e. The molecule has 2 heterocycles. The number of amides is 1. The minimum absolute atomic E-state index is 0.244. The molecule has 0 aliphatic carbocycles. The highest BCUT2D eigenvalue weighted by Gasteiger charge is 2.18. The quantitative estimate of drug-likeness (QED) is 0.752.